The van der Waals surface area contributed by atoms with E-state index in [1.54, 1.807) is 0 Å². The Morgan fingerprint density at radius 1 is 1.35 bits per heavy atom. The molecule has 1 fully saturated rings. The molecular formula is C14H24N2S. The van der Waals surface area contributed by atoms with Crippen molar-refractivity contribution in [2.45, 2.75) is 57.5 Å². The fraction of sp³-hybridized carbons (Fsp3) is 0.714. The van der Waals surface area contributed by atoms with Gasteiger partial charge in [0, 0.05) is 17.5 Å². The Balaban J connectivity index is 1.97. The minimum atomic E-state index is 0.359. The maximum absolute atomic E-state index is 5.93. The van der Waals surface area contributed by atoms with Crippen molar-refractivity contribution in [2.75, 3.05) is 6.54 Å². The highest BCUT2D eigenvalue weighted by molar-refractivity contribution is 7.10. The third kappa shape index (κ3) is 3.54. The van der Waals surface area contributed by atoms with Gasteiger partial charge < -0.3 is 11.1 Å². The van der Waals surface area contributed by atoms with Gasteiger partial charge in [-0.25, -0.2) is 0 Å². The predicted molar refractivity (Wildman–Crippen MR) is 75.5 cm³/mol. The van der Waals surface area contributed by atoms with Crippen molar-refractivity contribution in [1.29, 1.82) is 0 Å². The average Bonchev–Trinajstić information content (AvgIpc) is 2.62. The Hall–Kier alpha value is -0.380. The highest BCUT2D eigenvalue weighted by atomic mass is 32.1. The average molecular weight is 252 g/mol. The molecule has 96 valence electrons. The molecule has 17 heavy (non-hydrogen) atoms. The fourth-order valence-electron chi connectivity index (χ4n) is 2.72. The van der Waals surface area contributed by atoms with E-state index in [4.69, 9.17) is 5.73 Å². The van der Waals surface area contributed by atoms with Gasteiger partial charge in [-0.3, -0.25) is 0 Å². The second-order valence-corrected chi connectivity index (χ2v) is 6.06. The Morgan fingerprint density at radius 2 is 2.06 bits per heavy atom. The molecule has 1 atom stereocenters. The second-order valence-electron chi connectivity index (χ2n) is 5.11. The molecule has 1 aromatic heterocycles. The van der Waals surface area contributed by atoms with E-state index in [0.717, 1.165) is 0 Å². The summed E-state index contributed by atoms with van der Waals surface area (Å²) in [6.07, 6.45) is 8.20. The van der Waals surface area contributed by atoms with Gasteiger partial charge in [0.25, 0.3) is 0 Å². The van der Waals surface area contributed by atoms with Crippen molar-refractivity contribution in [3.8, 4) is 0 Å². The van der Waals surface area contributed by atoms with Gasteiger partial charge in [0.05, 0.1) is 6.04 Å². The third-order valence-corrected chi connectivity index (χ3v) is 4.88. The standard InChI is InChI=1S/C14H24N2S/c1-11-8-9-17-14(11)13(10-15)16-12-6-4-2-3-5-7-12/h8-9,12-13,16H,2-7,10,15H2,1H3. The van der Waals surface area contributed by atoms with E-state index in [2.05, 4.69) is 23.7 Å². The largest absolute Gasteiger partial charge is 0.329 e. The molecule has 3 N–H and O–H groups in total. The van der Waals surface area contributed by atoms with E-state index in [0.29, 0.717) is 18.6 Å². The Kier molecular flexibility index (Phi) is 5.01. The van der Waals surface area contributed by atoms with E-state index in [-0.39, 0.29) is 0 Å². The van der Waals surface area contributed by atoms with Crippen LogP contribution >= 0.6 is 11.3 Å². The maximum Gasteiger partial charge on any atom is 0.0544 e. The first-order valence-electron chi connectivity index (χ1n) is 6.81. The van der Waals surface area contributed by atoms with Gasteiger partial charge in [-0.1, -0.05) is 25.7 Å². The first-order chi connectivity index (χ1) is 8.31. The van der Waals surface area contributed by atoms with E-state index in [1.165, 1.54) is 49.0 Å². The van der Waals surface area contributed by atoms with Gasteiger partial charge in [-0.2, -0.15) is 0 Å². The lowest BCUT2D eigenvalue weighted by Crippen LogP contribution is -2.36. The summed E-state index contributed by atoms with van der Waals surface area (Å²) in [7, 11) is 0. The molecule has 3 heteroatoms. The third-order valence-electron chi connectivity index (χ3n) is 3.75. The highest BCUT2D eigenvalue weighted by Gasteiger charge is 2.19. The van der Waals surface area contributed by atoms with Gasteiger partial charge in [0.15, 0.2) is 0 Å². The molecule has 0 aromatic carbocycles. The van der Waals surface area contributed by atoms with Crippen LogP contribution in [0.5, 0.6) is 0 Å². The van der Waals surface area contributed by atoms with Crippen LogP contribution in [-0.2, 0) is 0 Å². The molecule has 0 amide bonds. The molecule has 1 aliphatic carbocycles. The van der Waals surface area contributed by atoms with Crippen molar-refractivity contribution in [2.24, 2.45) is 5.73 Å². The van der Waals surface area contributed by atoms with Gasteiger partial charge in [0.2, 0.25) is 0 Å². The number of hydrogen-bond acceptors (Lipinski definition) is 3. The summed E-state index contributed by atoms with van der Waals surface area (Å²) < 4.78 is 0. The second kappa shape index (κ2) is 6.53. The van der Waals surface area contributed by atoms with Gasteiger partial charge in [-0.05, 0) is 36.8 Å². The molecule has 1 saturated carbocycles. The molecule has 0 bridgehead atoms. The zero-order chi connectivity index (χ0) is 12.1. The summed E-state index contributed by atoms with van der Waals surface area (Å²) in [5.41, 5.74) is 7.31. The van der Waals surface area contributed by atoms with Gasteiger partial charge >= 0.3 is 0 Å². The van der Waals surface area contributed by atoms with Crippen LogP contribution in [0.25, 0.3) is 0 Å². The van der Waals surface area contributed by atoms with Crippen molar-refractivity contribution < 1.29 is 0 Å². The highest BCUT2D eigenvalue weighted by Crippen LogP contribution is 2.26. The lowest BCUT2D eigenvalue weighted by Gasteiger charge is -2.24. The Morgan fingerprint density at radius 3 is 2.59 bits per heavy atom. The van der Waals surface area contributed by atoms with E-state index >= 15 is 0 Å². The number of rotatable bonds is 4. The quantitative estimate of drug-likeness (QED) is 0.806. The van der Waals surface area contributed by atoms with Crippen molar-refractivity contribution in [3.63, 3.8) is 0 Å². The van der Waals surface area contributed by atoms with Crippen molar-refractivity contribution in [1.82, 2.24) is 5.32 Å². The topological polar surface area (TPSA) is 38.0 Å². The molecule has 0 radical (unpaired) electrons. The lowest BCUT2D eigenvalue weighted by atomic mass is 10.1. The molecule has 0 saturated heterocycles. The van der Waals surface area contributed by atoms with E-state index in [1.807, 2.05) is 11.3 Å². The van der Waals surface area contributed by atoms with Crippen LogP contribution in [0.2, 0.25) is 0 Å². The maximum atomic E-state index is 5.93. The zero-order valence-corrected chi connectivity index (χ0v) is 11.6. The molecule has 1 heterocycles. The zero-order valence-electron chi connectivity index (χ0n) is 10.7. The van der Waals surface area contributed by atoms with Crippen LogP contribution < -0.4 is 11.1 Å². The summed E-state index contributed by atoms with van der Waals surface area (Å²) in [5, 5.41) is 5.94. The van der Waals surface area contributed by atoms with Crippen LogP contribution in [0, 0.1) is 6.92 Å². The van der Waals surface area contributed by atoms with Crippen LogP contribution in [-0.4, -0.2) is 12.6 Å². The Bertz CT molecular complexity index is 327. The van der Waals surface area contributed by atoms with E-state index < -0.39 is 0 Å². The number of nitrogens with one attached hydrogen (secondary N) is 1. The normalized spacial score (nSPS) is 20.1. The lowest BCUT2D eigenvalue weighted by molar-refractivity contribution is 0.405. The molecule has 1 unspecified atom stereocenters. The number of thiophene rings is 1. The van der Waals surface area contributed by atoms with Crippen LogP contribution in [0.15, 0.2) is 11.4 Å². The van der Waals surface area contributed by atoms with Gasteiger partial charge in [-0.15, -0.1) is 11.3 Å². The molecule has 2 nitrogen and oxygen atoms in total. The van der Waals surface area contributed by atoms with Crippen LogP contribution in [0.4, 0.5) is 0 Å². The smallest absolute Gasteiger partial charge is 0.0544 e. The molecule has 0 spiro atoms. The molecule has 1 aliphatic rings. The summed E-state index contributed by atoms with van der Waals surface area (Å²) >= 11 is 1.83. The predicted octanol–water partition coefficient (Wildman–Crippen LogP) is 3.37. The molecule has 0 aliphatic heterocycles. The number of aryl methyl sites for hydroxylation is 1. The first-order valence-corrected chi connectivity index (χ1v) is 7.69. The monoisotopic (exact) mass is 252 g/mol. The van der Waals surface area contributed by atoms with Crippen LogP contribution in [0.1, 0.15) is 55.0 Å². The van der Waals surface area contributed by atoms with Crippen molar-refractivity contribution in [3.05, 3.63) is 21.9 Å². The van der Waals surface area contributed by atoms with Gasteiger partial charge in [0.1, 0.15) is 0 Å². The summed E-state index contributed by atoms with van der Waals surface area (Å²) in [6, 6.07) is 3.22. The van der Waals surface area contributed by atoms with Crippen LogP contribution in [0.3, 0.4) is 0 Å². The number of nitrogens with two attached hydrogens (primary N) is 1. The molecular weight excluding hydrogens is 228 g/mol. The summed E-state index contributed by atoms with van der Waals surface area (Å²) in [5.74, 6) is 0. The minimum Gasteiger partial charge on any atom is -0.329 e. The van der Waals surface area contributed by atoms with Crippen molar-refractivity contribution >= 4 is 11.3 Å². The summed E-state index contributed by atoms with van der Waals surface area (Å²) in [6.45, 7) is 2.89. The first kappa shape index (κ1) is 13.1. The molecule has 2 rings (SSSR count). The fourth-order valence-corrected chi connectivity index (χ4v) is 3.72. The Labute approximate surface area is 109 Å². The minimum absolute atomic E-state index is 0.359. The summed E-state index contributed by atoms with van der Waals surface area (Å²) in [4.78, 5) is 1.43. The van der Waals surface area contributed by atoms with E-state index in [9.17, 15) is 0 Å². The molecule has 1 aromatic rings. The SMILES string of the molecule is Cc1ccsc1C(CN)NC1CCCCCC1. The number of hydrogen-bond donors (Lipinski definition) is 2.